The summed E-state index contributed by atoms with van der Waals surface area (Å²) in [5, 5.41) is 3.15. The Hall–Kier alpha value is -0.450. The van der Waals surface area contributed by atoms with Gasteiger partial charge in [0.05, 0.1) is 5.69 Å². The summed E-state index contributed by atoms with van der Waals surface area (Å²) in [5.41, 5.74) is 6.76. The van der Waals surface area contributed by atoms with E-state index in [4.69, 9.17) is 10.5 Å². The van der Waals surface area contributed by atoms with Crippen molar-refractivity contribution in [2.75, 3.05) is 7.11 Å². The van der Waals surface area contributed by atoms with Gasteiger partial charge in [0.1, 0.15) is 10.6 Å². The Labute approximate surface area is 102 Å². The number of nitrogens with zero attached hydrogens (tertiary/aromatic N) is 1. The molecule has 0 fully saturated rings. The predicted octanol–water partition coefficient (Wildman–Crippen LogP) is 2.69. The Morgan fingerprint density at radius 2 is 2.25 bits per heavy atom. The smallest absolute Gasteiger partial charge is 0.125 e. The molecule has 1 aromatic rings. The quantitative estimate of drug-likeness (QED) is 0.834. The van der Waals surface area contributed by atoms with E-state index in [2.05, 4.69) is 31.1 Å². The molecular weight excluding hydrogens is 220 g/mol. The van der Waals surface area contributed by atoms with Crippen LogP contribution in [-0.4, -0.2) is 18.1 Å². The number of thiazole rings is 1. The van der Waals surface area contributed by atoms with Crippen LogP contribution in [0.1, 0.15) is 44.3 Å². The highest BCUT2D eigenvalue weighted by atomic mass is 32.1. The predicted molar refractivity (Wildman–Crippen MR) is 68.7 cm³/mol. The van der Waals surface area contributed by atoms with Gasteiger partial charge in [0.2, 0.25) is 0 Å². The summed E-state index contributed by atoms with van der Waals surface area (Å²) in [6, 6.07) is 0.213. The van der Waals surface area contributed by atoms with Gasteiger partial charge in [-0.15, -0.1) is 11.3 Å². The van der Waals surface area contributed by atoms with Gasteiger partial charge < -0.3 is 10.5 Å². The molecule has 2 atom stereocenters. The fourth-order valence-corrected chi connectivity index (χ4v) is 2.48. The number of methoxy groups -OCH3 is 1. The summed E-state index contributed by atoms with van der Waals surface area (Å²) in [6.45, 7) is 6.29. The van der Waals surface area contributed by atoms with Gasteiger partial charge in [0, 0.05) is 25.0 Å². The van der Waals surface area contributed by atoms with Crippen molar-refractivity contribution in [3.05, 3.63) is 16.1 Å². The molecule has 0 aromatic carbocycles. The van der Waals surface area contributed by atoms with E-state index in [1.165, 1.54) is 0 Å². The second-order valence-electron chi connectivity index (χ2n) is 4.30. The van der Waals surface area contributed by atoms with Crippen LogP contribution in [0.5, 0.6) is 0 Å². The molecule has 92 valence electrons. The third-order valence-electron chi connectivity index (χ3n) is 3.13. The zero-order valence-corrected chi connectivity index (χ0v) is 11.4. The molecule has 0 aliphatic rings. The highest BCUT2D eigenvalue weighted by molar-refractivity contribution is 7.09. The summed E-state index contributed by atoms with van der Waals surface area (Å²) in [7, 11) is 1.74. The normalized spacial score (nSPS) is 17.1. The topological polar surface area (TPSA) is 48.1 Å². The zero-order chi connectivity index (χ0) is 12.2. The zero-order valence-electron chi connectivity index (χ0n) is 10.6. The first kappa shape index (κ1) is 13.6. The van der Waals surface area contributed by atoms with Gasteiger partial charge in [0.15, 0.2) is 0 Å². The molecule has 4 heteroatoms. The highest BCUT2D eigenvalue weighted by Gasteiger charge is 2.27. The van der Waals surface area contributed by atoms with Crippen molar-refractivity contribution in [3.63, 3.8) is 0 Å². The maximum atomic E-state index is 5.92. The molecule has 0 aliphatic heterocycles. The summed E-state index contributed by atoms with van der Waals surface area (Å²) in [6.07, 6.45) is 2.77. The molecule has 0 saturated carbocycles. The number of hydrogen-bond donors (Lipinski definition) is 1. The maximum absolute atomic E-state index is 5.92. The average molecular weight is 242 g/mol. The first-order valence-electron chi connectivity index (χ1n) is 5.81. The van der Waals surface area contributed by atoms with E-state index in [1.54, 1.807) is 18.4 Å². The minimum absolute atomic E-state index is 0.213. The molecule has 0 radical (unpaired) electrons. The van der Waals surface area contributed by atoms with Gasteiger partial charge in [-0.1, -0.05) is 13.8 Å². The van der Waals surface area contributed by atoms with Crippen LogP contribution in [0.4, 0.5) is 0 Å². The van der Waals surface area contributed by atoms with Crippen molar-refractivity contribution < 1.29 is 4.74 Å². The molecule has 0 amide bonds. The third-order valence-corrected chi connectivity index (χ3v) is 4.26. The molecule has 0 aliphatic carbocycles. The molecule has 2 unspecified atom stereocenters. The lowest BCUT2D eigenvalue weighted by molar-refractivity contribution is -0.00167. The van der Waals surface area contributed by atoms with E-state index in [-0.39, 0.29) is 11.6 Å². The summed E-state index contributed by atoms with van der Waals surface area (Å²) in [4.78, 5) is 4.63. The standard InChI is InChI=1S/C12H22N2OS/c1-5-9(13)7-10-8-16-11(14-10)12(3,6-2)15-4/h8-9H,5-7,13H2,1-4H3. The minimum atomic E-state index is -0.251. The van der Waals surface area contributed by atoms with E-state index >= 15 is 0 Å². The van der Waals surface area contributed by atoms with Gasteiger partial charge in [-0.25, -0.2) is 4.98 Å². The van der Waals surface area contributed by atoms with Crippen molar-refractivity contribution in [1.82, 2.24) is 4.98 Å². The molecule has 1 rings (SSSR count). The molecule has 3 nitrogen and oxygen atoms in total. The van der Waals surface area contributed by atoms with Crippen LogP contribution in [0.25, 0.3) is 0 Å². The third kappa shape index (κ3) is 3.03. The molecule has 16 heavy (non-hydrogen) atoms. The fourth-order valence-electron chi connectivity index (χ4n) is 1.44. The maximum Gasteiger partial charge on any atom is 0.125 e. The van der Waals surface area contributed by atoms with E-state index in [0.29, 0.717) is 0 Å². The van der Waals surface area contributed by atoms with Crippen molar-refractivity contribution in [1.29, 1.82) is 0 Å². The number of nitrogens with two attached hydrogens (primary N) is 1. The Bertz CT molecular complexity index is 321. The summed E-state index contributed by atoms with van der Waals surface area (Å²) < 4.78 is 5.53. The van der Waals surface area contributed by atoms with Crippen LogP contribution in [-0.2, 0) is 16.8 Å². The molecule has 2 N–H and O–H groups in total. The number of hydrogen-bond acceptors (Lipinski definition) is 4. The largest absolute Gasteiger partial charge is 0.371 e. The van der Waals surface area contributed by atoms with Gasteiger partial charge >= 0.3 is 0 Å². The van der Waals surface area contributed by atoms with Crippen molar-refractivity contribution in [3.8, 4) is 0 Å². The van der Waals surface area contributed by atoms with Crippen molar-refractivity contribution in [2.45, 2.75) is 51.7 Å². The lowest BCUT2D eigenvalue weighted by Gasteiger charge is -2.23. The Morgan fingerprint density at radius 3 is 2.75 bits per heavy atom. The first-order valence-corrected chi connectivity index (χ1v) is 6.69. The highest BCUT2D eigenvalue weighted by Crippen LogP contribution is 2.30. The number of ether oxygens (including phenoxy) is 1. The Kier molecular flexibility index (Phi) is 4.89. The Morgan fingerprint density at radius 1 is 1.56 bits per heavy atom. The van der Waals surface area contributed by atoms with E-state index in [1.807, 2.05) is 0 Å². The molecule has 0 bridgehead atoms. The van der Waals surface area contributed by atoms with Crippen LogP contribution < -0.4 is 5.73 Å². The lowest BCUT2D eigenvalue weighted by Crippen LogP contribution is -2.24. The second kappa shape index (κ2) is 5.75. The van der Waals surface area contributed by atoms with Crippen LogP contribution in [0, 0.1) is 0 Å². The van der Waals surface area contributed by atoms with Gasteiger partial charge in [-0.3, -0.25) is 0 Å². The monoisotopic (exact) mass is 242 g/mol. The van der Waals surface area contributed by atoms with E-state index in [0.717, 1.165) is 30.0 Å². The van der Waals surface area contributed by atoms with Crippen LogP contribution in [0.2, 0.25) is 0 Å². The lowest BCUT2D eigenvalue weighted by atomic mass is 10.0. The summed E-state index contributed by atoms with van der Waals surface area (Å²) in [5.74, 6) is 0. The van der Waals surface area contributed by atoms with Crippen LogP contribution in [0.15, 0.2) is 5.38 Å². The van der Waals surface area contributed by atoms with E-state index < -0.39 is 0 Å². The van der Waals surface area contributed by atoms with Gasteiger partial charge in [-0.2, -0.15) is 0 Å². The molecule has 1 heterocycles. The second-order valence-corrected chi connectivity index (χ2v) is 5.16. The van der Waals surface area contributed by atoms with Crippen LogP contribution >= 0.6 is 11.3 Å². The average Bonchev–Trinajstić information content (AvgIpc) is 2.76. The fraction of sp³-hybridized carbons (Fsp3) is 0.750. The molecule has 0 saturated heterocycles. The van der Waals surface area contributed by atoms with Gasteiger partial charge in [-0.05, 0) is 19.8 Å². The minimum Gasteiger partial charge on any atom is -0.371 e. The van der Waals surface area contributed by atoms with Crippen molar-refractivity contribution >= 4 is 11.3 Å². The number of rotatable bonds is 6. The first-order chi connectivity index (χ1) is 7.55. The SMILES string of the molecule is CCC(N)Cc1csc(C(C)(CC)OC)n1. The summed E-state index contributed by atoms with van der Waals surface area (Å²) >= 11 is 1.67. The van der Waals surface area contributed by atoms with Crippen molar-refractivity contribution in [2.24, 2.45) is 5.73 Å². The van der Waals surface area contributed by atoms with E-state index in [9.17, 15) is 0 Å². The molecule has 1 aromatic heterocycles. The molecular formula is C12H22N2OS. The number of aromatic nitrogens is 1. The molecule has 0 spiro atoms. The Balaban J connectivity index is 2.78. The van der Waals surface area contributed by atoms with Gasteiger partial charge in [0.25, 0.3) is 0 Å². The van der Waals surface area contributed by atoms with Crippen LogP contribution in [0.3, 0.4) is 0 Å².